The predicted molar refractivity (Wildman–Crippen MR) is 35.0 cm³/mol. The molecule has 3 heteroatoms. The van der Waals surface area contributed by atoms with Crippen LogP contribution in [0.5, 0.6) is 0 Å². The number of hydrogen-bond acceptors (Lipinski definition) is 2. The SMILES string of the molecule is C/C(=C\[C@@H](C)N)C(=O)O. The summed E-state index contributed by atoms with van der Waals surface area (Å²) in [6.07, 6.45) is 1.50. The lowest BCUT2D eigenvalue weighted by molar-refractivity contribution is -0.132. The second-order valence-electron chi connectivity index (χ2n) is 2.01. The Labute approximate surface area is 54.2 Å². The molecular formula is C6H11NO2. The van der Waals surface area contributed by atoms with Crippen molar-refractivity contribution in [2.24, 2.45) is 5.73 Å². The lowest BCUT2D eigenvalue weighted by Gasteiger charge is -1.95. The minimum atomic E-state index is -0.910. The zero-order valence-electron chi connectivity index (χ0n) is 5.59. The van der Waals surface area contributed by atoms with Crippen molar-refractivity contribution in [1.29, 1.82) is 0 Å². The van der Waals surface area contributed by atoms with Gasteiger partial charge in [0.2, 0.25) is 0 Å². The predicted octanol–water partition coefficient (Wildman–Crippen LogP) is 0.365. The summed E-state index contributed by atoms with van der Waals surface area (Å²) >= 11 is 0. The van der Waals surface area contributed by atoms with Crippen molar-refractivity contribution in [2.45, 2.75) is 19.9 Å². The average Bonchev–Trinajstić information content (AvgIpc) is 1.63. The van der Waals surface area contributed by atoms with Gasteiger partial charge in [0, 0.05) is 11.6 Å². The van der Waals surface area contributed by atoms with Gasteiger partial charge in [-0.15, -0.1) is 0 Å². The molecule has 52 valence electrons. The van der Waals surface area contributed by atoms with Gasteiger partial charge < -0.3 is 10.8 Å². The maximum absolute atomic E-state index is 10.1. The number of nitrogens with two attached hydrogens (primary N) is 1. The molecule has 0 saturated carbocycles. The molecule has 0 unspecified atom stereocenters. The summed E-state index contributed by atoms with van der Waals surface area (Å²) in [5, 5.41) is 8.31. The summed E-state index contributed by atoms with van der Waals surface area (Å²) in [5.74, 6) is -0.910. The first-order valence-corrected chi connectivity index (χ1v) is 2.71. The first-order valence-electron chi connectivity index (χ1n) is 2.71. The summed E-state index contributed by atoms with van der Waals surface area (Å²) in [6, 6.07) is -0.180. The molecule has 0 amide bonds. The van der Waals surface area contributed by atoms with Gasteiger partial charge in [-0.3, -0.25) is 0 Å². The third-order valence-electron chi connectivity index (χ3n) is 0.850. The molecular weight excluding hydrogens is 118 g/mol. The van der Waals surface area contributed by atoms with Gasteiger partial charge in [0.1, 0.15) is 0 Å². The quantitative estimate of drug-likeness (QED) is 0.529. The molecule has 0 saturated heterocycles. The summed E-state index contributed by atoms with van der Waals surface area (Å²) in [7, 11) is 0. The summed E-state index contributed by atoms with van der Waals surface area (Å²) in [4.78, 5) is 10.1. The summed E-state index contributed by atoms with van der Waals surface area (Å²) in [6.45, 7) is 3.25. The van der Waals surface area contributed by atoms with Crippen LogP contribution in [-0.4, -0.2) is 17.1 Å². The molecule has 0 rings (SSSR count). The standard InChI is InChI=1S/C6H11NO2/c1-4(6(8)9)3-5(2)7/h3,5H,7H2,1-2H3,(H,8,9)/b4-3+/t5-/m1/s1. The average molecular weight is 129 g/mol. The Bertz CT molecular complexity index is 138. The van der Waals surface area contributed by atoms with Gasteiger partial charge >= 0.3 is 5.97 Å². The van der Waals surface area contributed by atoms with Gasteiger partial charge in [-0.05, 0) is 13.8 Å². The van der Waals surface area contributed by atoms with Gasteiger partial charge in [-0.25, -0.2) is 4.79 Å². The molecule has 0 radical (unpaired) electrons. The molecule has 3 nitrogen and oxygen atoms in total. The summed E-state index contributed by atoms with van der Waals surface area (Å²) < 4.78 is 0. The van der Waals surface area contributed by atoms with E-state index in [0.29, 0.717) is 5.57 Å². The van der Waals surface area contributed by atoms with Crippen LogP contribution < -0.4 is 5.73 Å². The third-order valence-corrected chi connectivity index (χ3v) is 0.850. The minimum Gasteiger partial charge on any atom is -0.478 e. The molecule has 0 aromatic rings. The normalized spacial score (nSPS) is 15.2. The molecule has 0 aliphatic heterocycles. The Morgan fingerprint density at radius 2 is 2.22 bits per heavy atom. The first kappa shape index (κ1) is 8.17. The van der Waals surface area contributed by atoms with Crippen LogP contribution in [0.3, 0.4) is 0 Å². The molecule has 3 N–H and O–H groups in total. The Morgan fingerprint density at radius 3 is 2.33 bits per heavy atom. The second-order valence-corrected chi connectivity index (χ2v) is 2.01. The van der Waals surface area contributed by atoms with Crippen LogP contribution >= 0.6 is 0 Å². The zero-order valence-corrected chi connectivity index (χ0v) is 5.59. The molecule has 0 aliphatic carbocycles. The van der Waals surface area contributed by atoms with E-state index in [1.54, 1.807) is 6.92 Å². The Morgan fingerprint density at radius 1 is 1.78 bits per heavy atom. The Hall–Kier alpha value is -0.830. The van der Waals surface area contributed by atoms with Crippen LogP contribution in [-0.2, 0) is 4.79 Å². The molecule has 0 aromatic heterocycles. The maximum Gasteiger partial charge on any atom is 0.331 e. The highest BCUT2D eigenvalue weighted by Crippen LogP contribution is 1.92. The van der Waals surface area contributed by atoms with Crippen molar-refractivity contribution in [3.05, 3.63) is 11.6 Å². The van der Waals surface area contributed by atoms with E-state index in [2.05, 4.69) is 0 Å². The van der Waals surface area contributed by atoms with E-state index in [1.807, 2.05) is 0 Å². The number of carbonyl (C=O) groups is 1. The lowest BCUT2D eigenvalue weighted by atomic mass is 10.2. The van der Waals surface area contributed by atoms with Crippen LogP contribution in [0.25, 0.3) is 0 Å². The molecule has 0 aliphatic rings. The minimum absolute atomic E-state index is 0.180. The van der Waals surface area contributed by atoms with E-state index in [0.717, 1.165) is 0 Å². The number of carboxylic acids is 1. The fourth-order valence-corrected chi connectivity index (χ4v) is 0.466. The van der Waals surface area contributed by atoms with Crippen molar-refractivity contribution in [3.63, 3.8) is 0 Å². The Balaban J connectivity index is 4.00. The van der Waals surface area contributed by atoms with E-state index in [-0.39, 0.29) is 6.04 Å². The lowest BCUT2D eigenvalue weighted by Crippen LogP contribution is -2.13. The van der Waals surface area contributed by atoms with Crippen LogP contribution in [0.15, 0.2) is 11.6 Å². The number of hydrogen-bond donors (Lipinski definition) is 2. The molecule has 0 aromatic carbocycles. The smallest absolute Gasteiger partial charge is 0.331 e. The van der Waals surface area contributed by atoms with Gasteiger partial charge in [0.05, 0.1) is 0 Å². The van der Waals surface area contributed by atoms with Crippen molar-refractivity contribution in [1.82, 2.24) is 0 Å². The number of aliphatic carboxylic acids is 1. The molecule has 0 bridgehead atoms. The van der Waals surface area contributed by atoms with Crippen LogP contribution in [0.4, 0.5) is 0 Å². The molecule has 0 fully saturated rings. The van der Waals surface area contributed by atoms with E-state index in [4.69, 9.17) is 10.8 Å². The van der Waals surface area contributed by atoms with Crippen LogP contribution in [0.1, 0.15) is 13.8 Å². The maximum atomic E-state index is 10.1. The van der Waals surface area contributed by atoms with Gasteiger partial charge in [0.25, 0.3) is 0 Å². The Kier molecular flexibility index (Phi) is 2.95. The largest absolute Gasteiger partial charge is 0.478 e. The van der Waals surface area contributed by atoms with E-state index < -0.39 is 5.97 Å². The van der Waals surface area contributed by atoms with Crippen LogP contribution in [0, 0.1) is 0 Å². The second kappa shape index (κ2) is 3.25. The molecule has 9 heavy (non-hydrogen) atoms. The number of rotatable bonds is 2. The van der Waals surface area contributed by atoms with Gasteiger partial charge in [-0.2, -0.15) is 0 Å². The fraction of sp³-hybridized carbons (Fsp3) is 0.500. The van der Waals surface area contributed by atoms with Gasteiger partial charge in [-0.1, -0.05) is 6.08 Å². The van der Waals surface area contributed by atoms with Crippen LogP contribution in [0.2, 0.25) is 0 Å². The molecule has 0 spiro atoms. The van der Waals surface area contributed by atoms with E-state index in [9.17, 15) is 4.79 Å². The number of carboxylic acid groups (broad SMARTS) is 1. The van der Waals surface area contributed by atoms with Crippen molar-refractivity contribution >= 4 is 5.97 Å². The summed E-state index contributed by atoms with van der Waals surface area (Å²) in [5.41, 5.74) is 5.59. The topological polar surface area (TPSA) is 63.3 Å². The van der Waals surface area contributed by atoms with Crippen molar-refractivity contribution in [2.75, 3.05) is 0 Å². The molecule has 1 atom stereocenters. The van der Waals surface area contributed by atoms with Gasteiger partial charge in [0.15, 0.2) is 0 Å². The van der Waals surface area contributed by atoms with Crippen molar-refractivity contribution < 1.29 is 9.90 Å². The zero-order chi connectivity index (χ0) is 7.44. The van der Waals surface area contributed by atoms with E-state index >= 15 is 0 Å². The highest BCUT2D eigenvalue weighted by atomic mass is 16.4. The third kappa shape index (κ3) is 3.73. The highest BCUT2D eigenvalue weighted by Gasteiger charge is 1.98. The monoisotopic (exact) mass is 129 g/mol. The van der Waals surface area contributed by atoms with E-state index in [1.165, 1.54) is 13.0 Å². The highest BCUT2D eigenvalue weighted by molar-refractivity contribution is 5.85. The molecule has 0 heterocycles. The first-order chi connectivity index (χ1) is 4.04. The fourth-order valence-electron chi connectivity index (χ4n) is 0.466. The van der Waals surface area contributed by atoms with Crippen molar-refractivity contribution in [3.8, 4) is 0 Å².